The Labute approximate surface area is 360 Å². The Bertz CT molecular complexity index is 2330. The normalized spacial score (nSPS) is 12.5. The van der Waals surface area contributed by atoms with Crippen LogP contribution in [-0.4, -0.2) is 12.4 Å². The predicted octanol–water partition coefficient (Wildman–Crippen LogP) is 15.5. The molecule has 1 atom stereocenters. The largest absolute Gasteiger partial charge is 0.530 e. The Morgan fingerprint density at radius 1 is 0.417 bits per heavy atom. The van der Waals surface area contributed by atoms with Gasteiger partial charge in [0.2, 0.25) is 5.78 Å². The van der Waals surface area contributed by atoms with Crippen LogP contribution in [0, 0.1) is 6.92 Å². The molecule has 0 heterocycles. The maximum absolute atomic E-state index is 14.5. The molecular formula is C52H58O6P2. The summed E-state index contributed by atoms with van der Waals surface area (Å²) in [5.41, 5.74) is 8.83. The molecule has 0 saturated heterocycles. The molecule has 0 N–H and O–H groups in total. The van der Waals surface area contributed by atoms with E-state index < -0.39 is 17.0 Å². The number of hydrogen-bond donors (Lipinski definition) is 0. The first-order valence-corrected chi connectivity index (χ1v) is 23.6. The van der Waals surface area contributed by atoms with Gasteiger partial charge in [0.05, 0.1) is 11.1 Å². The van der Waals surface area contributed by atoms with Crippen molar-refractivity contribution >= 4 is 22.8 Å². The molecule has 0 saturated carbocycles. The van der Waals surface area contributed by atoms with Crippen LogP contribution in [0.5, 0.6) is 28.7 Å². The monoisotopic (exact) mass is 840 g/mol. The van der Waals surface area contributed by atoms with E-state index in [1.807, 2.05) is 97.7 Å². The molecule has 0 aliphatic heterocycles. The highest BCUT2D eigenvalue weighted by Crippen LogP contribution is 2.49. The highest BCUT2D eigenvalue weighted by molar-refractivity contribution is 7.47. The van der Waals surface area contributed by atoms with Gasteiger partial charge in [-0.15, -0.1) is 0 Å². The Morgan fingerprint density at radius 3 is 1.17 bits per heavy atom. The molecule has 0 radical (unpaired) electrons. The maximum atomic E-state index is 14.5. The minimum atomic E-state index is -2.03. The number of ketones is 1. The van der Waals surface area contributed by atoms with Crippen molar-refractivity contribution in [1.82, 2.24) is 0 Å². The van der Waals surface area contributed by atoms with Crippen molar-refractivity contribution in [2.75, 3.05) is 6.66 Å². The van der Waals surface area contributed by atoms with E-state index in [0.29, 0.717) is 52.4 Å². The molecule has 6 aromatic rings. The summed E-state index contributed by atoms with van der Waals surface area (Å²) in [5, 5.41) is 0. The van der Waals surface area contributed by atoms with E-state index in [4.69, 9.17) is 22.6 Å². The summed E-state index contributed by atoms with van der Waals surface area (Å²) >= 11 is 0. The number of hydrogen-bond acceptors (Lipinski definition) is 6. The second-order valence-electron chi connectivity index (χ2n) is 16.3. The summed E-state index contributed by atoms with van der Waals surface area (Å²) in [6, 6.07) is 43.8. The van der Waals surface area contributed by atoms with E-state index in [1.54, 1.807) is 0 Å². The topological polar surface area (TPSA) is 63.2 Å². The second-order valence-corrected chi connectivity index (χ2v) is 18.5. The molecule has 312 valence electrons. The Morgan fingerprint density at radius 2 is 0.750 bits per heavy atom. The van der Waals surface area contributed by atoms with Gasteiger partial charge >= 0.3 is 8.60 Å². The van der Waals surface area contributed by atoms with Crippen molar-refractivity contribution in [2.24, 2.45) is 0 Å². The van der Waals surface area contributed by atoms with Crippen LogP contribution in [0.3, 0.4) is 0 Å². The molecule has 1 aliphatic carbocycles. The Kier molecular flexibility index (Phi) is 15.1. The van der Waals surface area contributed by atoms with Gasteiger partial charge in [0.25, 0.3) is 8.38 Å². The second kappa shape index (κ2) is 20.4. The number of carbonyl (C=O) groups is 1. The third-order valence-corrected chi connectivity index (χ3v) is 12.4. The van der Waals surface area contributed by atoms with Gasteiger partial charge in [-0.1, -0.05) is 159 Å². The summed E-state index contributed by atoms with van der Waals surface area (Å²) in [7, 11) is -3.42. The van der Waals surface area contributed by atoms with E-state index >= 15 is 0 Å². The minimum Gasteiger partial charge on any atom is -0.438 e. The van der Waals surface area contributed by atoms with Gasteiger partial charge in [0.1, 0.15) is 28.7 Å². The number of carbonyl (C=O) groups excluding carboxylic acids is 1. The Balaban J connectivity index is 0.000000529. The minimum absolute atomic E-state index is 0.168. The van der Waals surface area contributed by atoms with Crippen LogP contribution >= 0.6 is 17.0 Å². The average molecular weight is 841 g/mol. The lowest BCUT2D eigenvalue weighted by atomic mass is 9.84. The van der Waals surface area contributed by atoms with Gasteiger partial charge in [-0.2, -0.15) is 0 Å². The van der Waals surface area contributed by atoms with Crippen LogP contribution in [-0.2, 0) is 6.42 Å². The predicted molar refractivity (Wildman–Crippen MR) is 249 cm³/mol. The van der Waals surface area contributed by atoms with Crippen LogP contribution in [0.25, 0.3) is 0 Å². The zero-order valence-corrected chi connectivity index (χ0v) is 38.4. The van der Waals surface area contributed by atoms with Crippen LogP contribution in [0.4, 0.5) is 0 Å². The van der Waals surface area contributed by atoms with Crippen molar-refractivity contribution in [2.45, 2.75) is 92.4 Å². The quantitative estimate of drug-likeness (QED) is 0.102. The lowest BCUT2D eigenvalue weighted by molar-refractivity contribution is 0.103. The standard InChI is InChI=1S/C42H44O6P2.C10H14/c1-27(2)32-18-8-11-21-35(32)44-49(7)45-38-24-14-16-30-26-31-17-15-25-39(41(31)42(43)40(30)38)48-50(46-36-22-12-9-19-33(36)28(3)4)47-37-23-13-10-20-34(37)29(5)6;1-8(2)10-7-5-4-6-9(10)3/h8-25,27-29H,26H2,1-7H3;4-8H,1-3H3. The summed E-state index contributed by atoms with van der Waals surface area (Å²) < 4.78 is 32.5. The third-order valence-electron chi connectivity index (χ3n) is 10.5. The first kappa shape index (κ1) is 44.4. The summed E-state index contributed by atoms with van der Waals surface area (Å²) in [4.78, 5) is 14.5. The van der Waals surface area contributed by atoms with Crippen LogP contribution in [0.2, 0.25) is 0 Å². The molecule has 6 aromatic carbocycles. The number of fused-ring (bicyclic) bond motifs is 2. The van der Waals surface area contributed by atoms with Crippen molar-refractivity contribution < 1.29 is 27.4 Å². The zero-order valence-electron chi connectivity index (χ0n) is 36.6. The fourth-order valence-corrected chi connectivity index (χ4v) is 9.38. The number of aryl methyl sites for hydroxylation is 1. The van der Waals surface area contributed by atoms with Gasteiger partial charge in [0, 0.05) is 6.66 Å². The smallest absolute Gasteiger partial charge is 0.438 e. The van der Waals surface area contributed by atoms with Gasteiger partial charge in [-0.3, -0.25) is 4.79 Å². The maximum Gasteiger partial charge on any atom is 0.530 e. The molecule has 6 nitrogen and oxygen atoms in total. The van der Waals surface area contributed by atoms with Gasteiger partial charge in [0.15, 0.2) is 0 Å². The molecule has 8 heteroatoms. The van der Waals surface area contributed by atoms with E-state index in [1.165, 1.54) is 11.1 Å². The fourth-order valence-electron chi connectivity index (χ4n) is 7.39. The number of benzene rings is 6. The molecule has 0 aromatic heterocycles. The van der Waals surface area contributed by atoms with Crippen molar-refractivity contribution in [3.8, 4) is 28.7 Å². The first-order valence-electron chi connectivity index (χ1n) is 20.9. The van der Waals surface area contributed by atoms with E-state index in [0.717, 1.165) is 33.6 Å². The molecular weight excluding hydrogens is 783 g/mol. The fraction of sp³-hybridized carbons (Fsp3) is 0.288. The molecule has 0 amide bonds. The van der Waals surface area contributed by atoms with E-state index in [9.17, 15) is 4.79 Å². The molecule has 1 unspecified atom stereocenters. The third kappa shape index (κ3) is 10.8. The first-order chi connectivity index (χ1) is 28.8. The molecule has 60 heavy (non-hydrogen) atoms. The lowest BCUT2D eigenvalue weighted by Crippen LogP contribution is -2.18. The van der Waals surface area contributed by atoms with E-state index in [2.05, 4.69) is 105 Å². The van der Waals surface area contributed by atoms with Crippen molar-refractivity contribution in [3.05, 3.63) is 184 Å². The summed E-state index contributed by atoms with van der Waals surface area (Å²) in [6.45, 7) is 21.3. The van der Waals surface area contributed by atoms with Crippen LogP contribution in [0.15, 0.2) is 133 Å². The molecule has 7 rings (SSSR count). The van der Waals surface area contributed by atoms with Crippen molar-refractivity contribution in [3.63, 3.8) is 0 Å². The van der Waals surface area contributed by atoms with Gasteiger partial charge in [-0.25, -0.2) is 0 Å². The highest BCUT2D eigenvalue weighted by atomic mass is 31.2. The highest BCUT2D eigenvalue weighted by Gasteiger charge is 2.33. The van der Waals surface area contributed by atoms with Gasteiger partial charge in [-0.05, 0) is 106 Å². The number of rotatable bonds is 14. The molecule has 0 spiro atoms. The van der Waals surface area contributed by atoms with Crippen LogP contribution in [0.1, 0.15) is 134 Å². The SMILES string of the molecule is CC(C)c1ccccc1OP(C)Oc1cccc2c1C(=O)c1c(cccc1OP(Oc1ccccc1C(C)C)Oc1ccccc1C(C)C)C2.Cc1ccccc1C(C)C. The molecule has 0 bridgehead atoms. The number of para-hydroxylation sites is 3. The summed E-state index contributed by atoms with van der Waals surface area (Å²) in [5.74, 6) is 4.29. The van der Waals surface area contributed by atoms with Gasteiger partial charge < -0.3 is 22.6 Å². The summed E-state index contributed by atoms with van der Waals surface area (Å²) in [6.07, 6.45) is 0.551. The average Bonchev–Trinajstić information content (AvgIpc) is 3.21. The molecule has 1 aliphatic rings. The lowest BCUT2D eigenvalue weighted by Gasteiger charge is -2.26. The van der Waals surface area contributed by atoms with Crippen LogP contribution < -0.4 is 22.6 Å². The molecule has 0 fully saturated rings. The van der Waals surface area contributed by atoms with E-state index in [-0.39, 0.29) is 17.6 Å². The zero-order chi connectivity index (χ0) is 42.9. The van der Waals surface area contributed by atoms with Crippen molar-refractivity contribution in [1.29, 1.82) is 0 Å². The Hall–Kier alpha value is -5.15.